The Morgan fingerprint density at radius 2 is 1.86 bits per heavy atom. The molecule has 0 aliphatic carbocycles. The van der Waals surface area contributed by atoms with E-state index in [1.54, 1.807) is 0 Å². The van der Waals surface area contributed by atoms with Gasteiger partial charge in [0.1, 0.15) is 0 Å². The maximum absolute atomic E-state index is 5.91. The quantitative estimate of drug-likeness (QED) is 0.740. The molecule has 2 aromatic rings. The Kier molecular flexibility index (Phi) is 2.19. The van der Waals surface area contributed by atoms with Crippen molar-refractivity contribution in [3.63, 3.8) is 0 Å². The van der Waals surface area contributed by atoms with Crippen LogP contribution in [0.2, 0.25) is 0 Å². The van der Waals surface area contributed by atoms with Crippen molar-refractivity contribution in [2.24, 2.45) is 0 Å². The van der Waals surface area contributed by atoms with E-state index in [4.69, 9.17) is 5.73 Å². The second-order valence-corrected chi connectivity index (χ2v) is 3.28. The normalized spacial score (nSPS) is 10.1. The fourth-order valence-corrected chi connectivity index (χ4v) is 1.44. The fourth-order valence-electron chi connectivity index (χ4n) is 1.44. The highest BCUT2D eigenvalue weighted by Gasteiger charge is 2.01. The molecule has 0 aliphatic heterocycles. The van der Waals surface area contributed by atoms with Gasteiger partial charge in [0.2, 0.25) is 0 Å². The number of nitrogen functional groups attached to an aromatic ring is 1. The van der Waals surface area contributed by atoms with Gasteiger partial charge >= 0.3 is 0 Å². The van der Waals surface area contributed by atoms with Crippen molar-refractivity contribution in [3.8, 4) is 11.1 Å². The highest BCUT2D eigenvalue weighted by Crippen LogP contribution is 2.24. The van der Waals surface area contributed by atoms with E-state index in [1.165, 1.54) is 0 Å². The first-order chi connectivity index (χ1) is 6.77. The first-order valence-electron chi connectivity index (χ1n) is 4.55. The van der Waals surface area contributed by atoms with Gasteiger partial charge in [0, 0.05) is 23.1 Å². The van der Waals surface area contributed by atoms with Crippen LogP contribution in [0.3, 0.4) is 0 Å². The number of pyridine rings is 1. The number of anilines is 1. The van der Waals surface area contributed by atoms with Crippen LogP contribution in [0.4, 0.5) is 5.69 Å². The van der Waals surface area contributed by atoms with Gasteiger partial charge in [-0.25, -0.2) is 0 Å². The lowest BCUT2D eigenvalue weighted by Gasteiger charge is -2.05. The van der Waals surface area contributed by atoms with Crippen molar-refractivity contribution >= 4 is 5.69 Å². The van der Waals surface area contributed by atoms with Crippen LogP contribution in [-0.2, 0) is 0 Å². The Morgan fingerprint density at radius 1 is 1.14 bits per heavy atom. The highest BCUT2D eigenvalue weighted by molar-refractivity contribution is 5.75. The van der Waals surface area contributed by atoms with Crippen LogP contribution in [0.15, 0.2) is 42.6 Å². The minimum atomic E-state index is 0.781. The van der Waals surface area contributed by atoms with E-state index < -0.39 is 0 Å². The molecule has 0 unspecified atom stereocenters. The van der Waals surface area contributed by atoms with Gasteiger partial charge in [0.15, 0.2) is 0 Å². The number of nitrogens with two attached hydrogens (primary N) is 1. The molecule has 0 atom stereocenters. The van der Waals surface area contributed by atoms with Gasteiger partial charge in [-0.05, 0) is 18.6 Å². The summed E-state index contributed by atoms with van der Waals surface area (Å²) in [6.07, 6.45) is 1.82. The van der Waals surface area contributed by atoms with Gasteiger partial charge in [0.25, 0.3) is 0 Å². The van der Waals surface area contributed by atoms with Gasteiger partial charge in [-0.2, -0.15) is 0 Å². The minimum absolute atomic E-state index is 0.781. The minimum Gasteiger partial charge on any atom is -0.398 e. The van der Waals surface area contributed by atoms with Crippen LogP contribution in [0, 0.1) is 6.92 Å². The van der Waals surface area contributed by atoms with E-state index >= 15 is 0 Å². The van der Waals surface area contributed by atoms with E-state index in [-0.39, 0.29) is 0 Å². The maximum Gasteiger partial charge on any atom is 0.0427 e. The van der Waals surface area contributed by atoms with Gasteiger partial charge in [-0.3, -0.25) is 4.98 Å². The lowest BCUT2D eigenvalue weighted by molar-refractivity contribution is 1.21. The molecule has 0 amide bonds. The summed E-state index contributed by atoms with van der Waals surface area (Å²) in [5.41, 5.74) is 9.75. The molecule has 2 heteroatoms. The monoisotopic (exact) mass is 184 g/mol. The lowest BCUT2D eigenvalue weighted by atomic mass is 10.1. The van der Waals surface area contributed by atoms with Gasteiger partial charge < -0.3 is 5.73 Å². The van der Waals surface area contributed by atoms with Crippen LogP contribution >= 0.6 is 0 Å². The Morgan fingerprint density at radius 3 is 2.50 bits per heavy atom. The van der Waals surface area contributed by atoms with Crippen LogP contribution in [0.25, 0.3) is 11.1 Å². The molecule has 0 bridgehead atoms. The summed E-state index contributed by atoms with van der Waals surface area (Å²) in [4.78, 5) is 4.24. The Balaban J connectivity index is 2.53. The van der Waals surface area contributed by atoms with Crippen molar-refractivity contribution in [2.75, 3.05) is 5.73 Å². The molecule has 0 aliphatic rings. The van der Waals surface area contributed by atoms with Crippen molar-refractivity contribution in [3.05, 3.63) is 48.3 Å². The molecule has 0 fully saturated rings. The predicted molar refractivity (Wildman–Crippen MR) is 58.8 cm³/mol. The van der Waals surface area contributed by atoms with Crippen molar-refractivity contribution in [1.82, 2.24) is 4.98 Å². The molecular formula is C12H12N2. The summed E-state index contributed by atoms with van der Waals surface area (Å²) in [5.74, 6) is 0. The summed E-state index contributed by atoms with van der Waals surface area (Å²) in [6, 6.07) is 11.9. The third kappa shape index (κ3) is 1.59. The summed E-state index contributed by atoms with van der Waals surface area (Å²) < 4.78 is 0. The highest BCUT2D eigenvalue weighted by atomic mass is 14.7. The van der Waals surface area contributed by atoms with Crippen LogP contribution < -0.4 is 5.73 Å². The molecule has 0 saturated carbocycles. The number of aryl methyl sites for hydroxylation is 1. The topological polar surface area (TPSA) is 38.9 Å². The van der Waals surface area contributed by atoms with Crippen LogP contribution in [0.1, 0.15) is 5.69 Å². The van der Waals surface area contributed by atoms with Crippen molar-refractivity contribution < 1.29 is 0 Å². The van der Waals surface area contributed by atoms with E-state index in [2.05, 4.69) is 4.98 Å². The van der Waals surface area contributed by atoms with Gasteiger partial charge in [-0.15, -0.1) is 0 Å². The Bertz CT molecular complexity index is 435. The molecule has 0 saturated heterocycles. The third-order valence-electron chi connectivity index (χ3n) is 2.16. The summed E-state index contributed by atoms with van der Waals surface area (Å²) in [5, 5.41) is 0. The SMILES string of the molecule is Cc1cc(N)c(-c2ccccc2)cn1. The average Bonchev–Trinajstić information content (AvgIpc) is 2.19. The number of rotatable bonds is 1. The van der Waals surface area contributed by atoms with Crippen LogP contribution in [-0.4, -0.2) is 4.98 Å². The van der Waals surface area contributed by atoms with E-state index in [1.807, 2.05) is 49.5 Å². The fraction of sp³-hybridized carbons (Fsp3) is 0.0833. The number of nitrogens with zero attached hydrogens (tertiary/aromatic N) is 1. The van der Waals surface area contributed by atoms with E-state index in [9.17, 15) is 0 Å². The Labute approximate surface area is 83.4 Å². The van der Waals surface area contributed by atoms with Gasteiger partial charge in [-0.1, -0.05) is 30.3 Å². The maximum atomic E-state index is 5.91. The second-order valence-electron chi connectivity index (χ2n) is 3.28. The summed E-state index contributed by atoms with van der Waals surface area (Å²) in [7, 11) is 0. The largest absolute Gasteiger partial charge is 0.398 e. The molecule has 2 nitrogen and oxygen atoms in total. The van der Waals surface area contributed by atoms with E-state index in [0.29, 0.717) is 0 Å². The predicted octanol–water partition coefficient (Wildman–Crippen LogP) is 2.64. The molecule has 0 spiro atoms. The molecule has 2 N–H and O–H groups in total. The molecule has 0 radical (unpaired) electrons. The zero-order valence-corrected chi connectivity index (χ0v) is 8.07. The zero-order valence-electron chi connectivity index (χ0n) is 8.07. The lowest BCUT2D eigenvalue weighted by Crippen LogP contribution is -1.92. The number of hydrogen-bond donors (Lipinski definition) is 1. The average molecular weight is 184 g/mol. The summed E-state index contributed by atoms with van der Waals surface area (Å²) >= 11 is 0. The molecule has 1 aromatic carbocycles. The first kappa shape index (κ1) is 8.75. The third-order valence-corrected chi connectivity index (χ3v) is 2.16. The molecular weight excluding hydrogens is 172 g/mol. The number of hydrogen-bond acceptors (Lipinski definition) is 2. The molecule has 2 rings (SSSR count). The smallest absolute Gasteiger partial charge is 0.0427 e. The van der Waals surface area contributed by atoms with E-state index in [0.717, 1.165) is 22.5 Å². The first-order valence-corrected chi connectivity index (χ1v) is 4.55. The number of aromatic nitrogens is 1. The summed E-state index contributed by atoms with van der Waals surface area (Å²) in [6.45, 7) is 1.94. The molecule has 1 heterocycles. The molecule has 70 valence electrons. The van der Waals surface area contributed by atoms with Crippen molar-refractivity contribution in [1.29, 1.82) is 0 Å². The van der Waals surface area contributed by atoms with Crippen molar-refractivity contribution in [2.45, 2.75) is 6.92 Å². The van der Waals surface area contributed by atoms with Gasteiger partial charge in [0.05, 0.1) is 0 Å². The molecule has 14 heavy (non-hydrogen) atoms. The Hall–Kier alpha value is -1.83. The molecule has 1 aromatic heterocycles. The standard InChI is InChI=1S/C12H12N2/c1-9-7-12(13)11(8-14-9)10-5-3-2-4-6-10/h2-8H,1H3,(H2,13,14). The second kappa shape index (κ2) is 3.50. The zero-order chi connectivity index (χ0) is 9.97. The number of benzene rings is 1. The van der Waals surface area contributed by atoms with Crippen LogP contribution in [0.5, 0.6) is 0 Å².